The predicted molar refractivity (Wildman–Crippen MR) is 150 cm³/mol. The van der Waals surface area contributed by atoms with Gasteiger partial charge in [0.1, 0.15) is 5.84 Å². The van der Waals surface area contributed by atoms with Crippen molar-refractivity contribution >= 4 is 11.5 Å². The van der Waals surface area contributed by atoms with E-state index in [1.165, 1.54) is 27.8 Å². The summed E-state index contributed by atoms with van der Waals surface area (Å²) in [5, 5.41) is 3.73. The number of benzene rings is 3. The van der Waals surface area contributed by atoms with Gasteiger partial charge in [-0.2, -0.15) is 0 Å². The van der Waals surface area contributed by atoms with Crippen LogP contribution in [0.2, 0.25) is 0 Å². The molecule has 0 spiro atoms. The third-order valence-corrected chi connectivity index (χ3v) is 7.25. The summed E-state index contributed by atoms with van der Waals surface area (Å²) < 4.78 is 0. The van der Waals surface area contributed by atoms with Crippen LogP contribution in [0.1, 0.15) is 37.1 Å². The number of hydrogen-bond donors (Lipinski definition) is 1. The first-order chi connectivity index (χ1) is 17.7. The van der Waals surface area contributed by atoms with Crippen molar-refractivity contribution in [1.29, 1.82) is 0 Å². The number of hydrogen-bond acceptors (Lipinski definition) is 3. The van der Waals surface area contributed by atoms with Crippen LogP contribution in [0.5, 0.6) is 0 Å². The minimum absolute atomic E-state index is 0.0250. The number of aromatic nitrogens is 1. The molecule has 2 heterocycles. The Kier molecular flexibility index (Phi) is 5.82. The van der Waals surface area contributed by atoms with Crippen LogP contribution in [0.3, 0.4) is 0 Å². The van der Waals surface area contributed by atoms with Gasteiger partial charge in [-0.1, -0.05) is 97.1 Å². The topological polar surface area (TPSA) is 37.3 Å². The van der Waals surface area contributed by atoms with Gasteiger partial charge in [0.15, 0.2) is 0 Å². The van der Waals surface area contributed by atoms with Crippen LogP contribution in [0, 0.1) is 0 Å². The average Bonchev–Trinajstić information content (AvgIpc) is 2.96. The largest absolute Gasteiger partial charge is 0.338 e. The van der Waals surface area contributed by atoms with Gasteiger partial charge >= 0.3 is 0 Å². The number of fused-ring (bicyclic) bond motifs is 2. The number of nitrogens with zero attached hydrogens (tertiary/aromatic N) is 2. The molecule has 3 aromatic carbocycles. The Morgan fingerprint density at radius 3 is 2.06 bits per heavy atom. The van der Waals surface area contributed by atoms with Crippen molar-refractivity contribution in [3.63, 3.8) is 0 Å². The Bertz CT molecular complexity index is 1500. The SMILES string of the molecule is CC=C(C)C1N=C(c2ccccc2)NC2=C1CCc1c(-c3ccccc3)cc(-c3ccccc3)nc12. The highest BCUT2D eigenvalue weighted by Gasteiger charge is 2.33. The van der Waals surface area contributed by atoms with Crippen molar-refractivity contribution in [2.24, 2.45) is 4.99 Å². The number of rotatable bonds is 4. The second kappa shape index (κ2) is 9.43. The molecule has 1 aliphatic carbocycles. The van der Waals surface area contributed by atoms with E-state index >= 15 is 0 Å². The average molecular weight is 468 g/mol. The van der Waals surface area contributed by atoms with E-state index in [0.717, 1.165) is 46.9 Å². The van der Waals surface area contributed by atoms with Gasteiger partial charge in [-0.15, -0.1) is 0 Å². The fourth-order valence-electron chi connectivity index (χ4n) is 5.25. The maximum atomic E-state index is 5.31. The quantitative estimate of drug-likeness (QED) is 0.316. The summed E-state index contributed by atoms with van der Waals surface area (Å²) in [5.74, 6) is 0.904. The molecule has 1 aromatic heterocycles. The monoisotopic (exact) mass is 467 g/mol. The lowest BCUT2D eigenvalue weighted by Gasteiger charge is -2.33. The number of aliphatic imine (C=N–C) groups is 1. The lowest BCUT2D eigenvalue weighted by Crippen LogP contribution is -2.36. The zero-order valence-electron chi connectivity index (χ0n) is 20.7. The summed E-state index contributed by atoms with van der Waals surface area (Å²) >= 11 is 0. The van der Waals surface area contributed by atoms with E-state index in [4.69, 9.17) is 9.98 Å². The first-order valence-electron chi connectivity index (χ1n) is 12.6. The van der Waals surface area contributed by atoms with E-state index < -0.39 is 0 Å². The Labute approximate surface area is 213 Å². The molecular formula is C33H29N3. The first kappa shape index (κ1) is 22.2. The second-order valence-corrected chi connectivity index (χ2v) is 9.42. The number of amidine groups is 1. The Morgan fingerprint density at radius 2 is 1.42 bits per heavy atom. The maximum Gasteiger partial charge on any atom is 0.133 e. The Hall–Kier alpha value is -4.24. The molecule has 0 saturated carbocycles. The number of allylic oxidation sites excluding steroid dienone is 1. The van der Waals surface area contributed by atoms with E-state index in [-0.39, 0.29) is 6.04 Å². The molecule has 1 aliphatic heterocycles. The molecule has 0 saturated heterocycles. The lowest BCUT2D eigenvalue weighted by atomic mass is 9.82. The molecule has 176 valence electrons. The number of nitrogens with one attached hydrogen (secondary N) is 1. The fraction of sp³-hybridized carbons (Fsp3) is 0.152. The summed E-state index contributed by atoms with van der Waals surface area (Å²) in [4.78, 5) is 10.5. The van der Waals surface area contributed by atoms with Crippen LogP contribution in [-0.2, 0) is 6.42 Å². The third-order valence-electron chi connectivity index (χ3n) is 7.25. The van der Waals surface area contributed by atoms with Gasteiger partial charge < -0.3 is 5.32 Å². The summed E-state index contributed by atoms with van der Waals surface area (Å²) in [5.41, 5.74) is 11.8. The van der Waals surface area contributed by atoms with Crippen molar-refractivity contribution < 1.29 is 0 Å². The fourth-order valence-corrected chi connectivity index (χ4v) is 5.25. The Balaban J connectivity index is 1.58. The molecule has 36 heavy (non-hydrogen) atoms. The molecule has 4 aromatic rings. The van der Waals surface area contributed by atoms with Crippen LogP contribution < -0.4 is 5.32 Å². The molecule has 0 fully saturated rings. The maximum absolute atomic E-state index is 5.31. The van der Waals surface area contributed by atoms with Gasteiger partial charge in [-0.25, -0.2) is 4.98 Å². The molecule has 0 bridgehead atoms. The summed E-state index contributed by atoms with van der Waals surface area (Å²) in [6, 6.07) is 33.9. The van der Waals surface area contributed by atoms with Crippen molar-refractivity contribution in [3.05, 3.63) is 131 Å². The highest BCUT2D eigenvalue weighted by molar-refractivity contribution is 6.06. The van der Waals surface area contributed by atoms with E-state index in [1.54, 1.807) is 0 Å². The van der Waals surface area contributed by atoms with Gasteiger partial charge in [0.2, 0.25) is 0 Å². The first-order valence-corrected chi connectivity index (χ1v) is 12.6. The summed E-state index contributed by atoms with van der Waals surface area (Å²) in [6.07, 6.45) is 4.10. The third kappa shape index (κ3) is 3.97. The Morgan fingerprint density at radius 1 is 0.806 bits per heavy atom. The van der Waals surface area contributed by atoms with Crippen LogP contribution in [0.4, 0.5) is 0 Å². The van der Waals surface area contributed by atoms with Gasteiger partial charge in [-0.05, 0) is 60.6 Å². The van der Waals surface area contributed by atoms with Gasteiger partial charge in [0, 0.05) is 11.1 Å². The molecule has 1 atom stereocenters. The summed E-state index contributed by atoms with van der Waals surface area (Å²) in [7, 11) is 0. The molecule has 1 N–H and O–H groups in total. The molecular weight excluding hydrogens is 438 g/mol. The van der Waals surface area contributed by atoms with Crippen molar-refractivity contribution in [2.75, 3.05) is 0 Å². The highest BCUT2D eigenvalue weighted by Crippen LogP contribution is 2.41. The minimum atomic E-state index is 0.0250. The van der Waals surface area contributed by atoms with E-state index in [2.05, 4.69) is 116 Å². The van der Waals surface area contributed by atoms with Crippen LogP contribution in [0.15, 0.2) is 119 Å². The molecule has 3 heteroatoms. The van der Waals surface area contributed by atoms with Crippen molar-refractivity contribution in [2.45, 2.75) is 32.7 Å². The van der Waals surface area contributed by atoms with E-state index in [1.807, 2.05) is 6.07 Å². The zero-order chi connectivity index (χ0) is 24.5. The molecule has 0 amide bonds. The van der Waals surface area contributed by atoms with Crippen LogP contribution in [-0.4, -0.2) is 16.9 Å². The zero-order valence-corrected chi connectivity index (χ0v) is 20.7. The predicted octanol–water partition coefficient (Wildman–Crippen LogP) is 7.46. The minimum Gasteiger partial charge on any atom is -0.338 e. The molecule has 0 radical (unpaired) electrons. The van der Waals surface area contributed by atoms with E-state index in [0.29, 0.717) is 0 Å². The van der Waals surface area contributed by atoms with Crippen LogP contribution in [0.25, 0.3) is 28.1 Å². The standard InChI is InChI=1S/C33H29N3/c1-3-22(2)30-27-20-19-26-28(23-13-7-4-8-14-23)21-29(24-15-9-5-10-16-24)34-31(26)32(27)36-33(35-30)25-17-11-6-12-18-25/h3-18,21,30H,19-20H2,1-2H3,(H,35,36). The second-order valence-electron chi connectivity index (χ2n) is 9.42. The summed E-state index contributed by atoms with van der Waals surface area (Å²) in [6.45, 7) is 4.29. The molecule has 2 aliphatic rings. The van der Waals surface area contributed by atoms with Crippen molar-refractivity contribution in [1.82, 2.24) is 10.3 Å². The molecule has 3 nitrogen and oxygen atoms in total. The van der Waals surface area contributed by atoms with Crippen LogP contribution >= 0.6 is 0 Å². The van der Waals surface area contributed by atoms with Crippen molar-refractivity contribution in [3.8, 4) is 22.4 Å². The number of pyridine rings is 1. The normalized spacial score (nSPS) is 17.1. The lowest BCUT2D eigenvalue weighted by molar-refractivity contribution is 0.757. The van der Waals surface area contributed by atoms with Gasteiger partial charge in [-0.3, -0.25) is 4.99 Å². The smallest absolute Gasteiger partial charge is 0.133 e. The highest BCUT2D eigenvalue weighted by atomic mass is 15.1. The molecule has 6 rings (SSSR count). The van der Waals surface area contributed by atoms with E-state index in [9.17, 15) is 0 Å². The van der Waals surface area contributed by atoms with Gasteiger partial charge in [0.05, 0.1) is 23.1 Å². The van der Waals surface area contributed by atoms with Gasteiger partial charge in [0.25, 0.3) is 0 Å². The molecule has 1 unspecified atom stereocenters.